The van der Waals surface area contributed by atoms with E-state index in [9.17, 15) is 13.2 Å². The minimum Gasteiger partial charge on any atom is -0.287 e. The van der Waals surface area contributed by atoms with Gasteiger partial charge in [0, 0.05) is 29.0 Å². The number of amides is 1. The molecule has 0 radical (unpaired) electrons. The van der Waals surface area contributed by atoms with Gasteiger partial charge in [0.1, 0.15) is 5.25 Å². The van der Waals surface area contributed by atoms with Crippen LogP contribution in [0.4, 0.5) is 5.13 Å². The molecule has 1 fully saturated rings. The summed E-state index contributed by atoms with van der Waals surface area (Å²) in [6.07, 6.45) is -0.0920. The highest BCUT2D eigenvalue weighted by Gasteiger charge is 2.39. The summed E-state index contributed by atoms with van der Waals surface area (Å²) < 4.78 is 23.7. The summed E-state index contributed by atoms with van der Waals surface area (Å²) in [6, 6.07) is 3.86. The van der Waals surface area contributed by atoms with Gasteiger partial charge in [-0.15, -0.1) is 22.7 Å². The molecular weight excluding hydrogens is 420 g/mol. The number of aromatic nitrogens is 1. The predicted octanol–water partition coefficient (Wildman–Crippen LogP) is 3.31. The monoisotopic (exact) mass is 426 g/mol. The lowest BCUT2D eigenvalue weighted by Crippen LogP contribution is -2.26. The number of halogens is 2. The molecule has 3 rings (SSSR count). The Morgan fingerprint density at radius 3 is 2.76 bits per heavy atom. The van der Waals surface area contributed by atoms with Crippen LogP contribution in [0, 0.1) is 0 Å². The lowest BCUT2D eigenvalue weighted by molar-refractivity contribution is -0.117. The summed E-state index contributed by atoms with van der Waals surface area (Å²) in [5, 5.41) is 1.49. The van der Waals surface area contributed by atoms with E-state index in [4.69, 9.17) is 10.7 Å². The number of hydrogen-bond acceptors (Lipinski definition) is 6. The van der Waals surface area contributed by atoms with E-state index in [1.165, 1.54) is 16.2 Å². The van der Waals surface area contributed by atoms with Gasteiger partial charge in [-0.3, -0.25) is 9.69 Å². The topological polar surface area (TPSA) is 67.3 Å². The van der Waals surface area contributed by atoms with Gasteiger partial charge in [-0.1, -0.05) is 0 Å². The highest BCUT2D eigenvalue weighted by molar-refractivity contribution is 9.11. The van der Waals surface area contributed by atoms with Gasteiger partial charge in [0.15, 0.2) is 5.13 Å². The molecule has 10 heteroatoms. The number of anilines is 1. The van der Waals surface area contributed by atoms with Crippen molar-refractivity contribution in [3.05, 3.63) is 21.3 Å². The van der Waals surface area contributed by atoms with Crippen LogP contribution in [0.3, 0.4) is 0 Å². The van der Waals surface area contributed by atoms with Crippen molar-refractivity contribution in [3.63, 3.8) is 0 Å². The van der Waals surface area contributed by atoms with Crippen LogP contribution < -0.4 is 4.90 Å². The molecule has 1 aliphatic rings. The molecule has 0 aromatic carbocycles. The van der Waals surface area contributed by atoms with Crippen molar-refractivity contribution in [2.24, 2.45) is 0 Å². The third-order valence-corrected chi connectivity index (χ3v) is 7.41. The number of rotatable bonds is 3. The first-order valence-corrected chi connectivity index (χ1v) is 10.7. The van der Waals surface area contributed by atoms with Crippen LogP contribution in [0.2, 0.25) is 0 Å². The Balaban J connectivity index is 1.85. The van der Waals surface area contributed by atoms with E-state index in [1.54, 1.807) is 11.3 Å². The number of carbonyl (C=O) groups is 1. The first kappa shape index (κ1) is 15.4. The molecule has 1 atom stereocenters. The Labute approximate surface area is 142 Å². The summed E-state index contributed by atoms with van der Waals surface area (Å²) in [4.78, 5) is 18.7. The fraction of sp³-hybridized carbons (Fsp3) is 0.273. The minimum atomic E-state index is -3.74. The Kier molecular flexibility index (Phi) is 4.12. The van der Waals surface area contributed by atoms with Gasteiger partial charge in [-0.05, 0) is 28.1 Å². The minimum absolute atomic E-state index is 0.0613. The van der Waals surface area contributed by atoms with E-state index in [0.29, 0.717) is 5.13 Å². The maximum Gasteiger partial charge on any atom is 0.237 e. The highest BCUT2D eigenvalue weighted by Crippen LogP contribution is 2.35. The van der Waals surface area contributed by atoms with Crippen molar-refractivity contribution in [1.82, 2.24) is 4.98 Å². The molecule has 21 heavy (non-hydrogen) atoms. The van der Waals surface area contributed by atoms with Crippen molar-refractivity contribution >= 4 is 69.4 Å². The molecule has 112 valence electrons. The van der Waals surface area contributed by atoms with Crippen molar-refractivity contribution in [2.75, 3.05) is 11.4 Å². The summed E-state index contributed by atoms with van der Waals surface area (Å²) in [6.45, 7) is 0.0613. The Bertz CT molecular complexity index is 801. The van der Waals surface area contributed by atoms with Gasteiger partial charge in [0.25, 0.3) is 0 Å². The van der Waals surface area contributed by atoms with Crippen LogP contribution in [-0.2, 0) is 13.8 Å². The van der Waals surface area contributed by atoms with Crippen LogP contribution in [0.15, 0.2) is 21.3 Å². The van der Waals surface area contributed by atoms with Crippen LogP contribution in [0.25, 0.3) is 10.6 Å². The molecular formula is C11H8BrClN2O3S3. The average Bonchev–Trinajstić information content (AvgIpc) is 3.06. The average molecular weight is 428 g/mol. The second-order valence-electron chi connectivity index (χ2n) is 4.43. The number of thiophene rings is 1. The molecule has 3 heterocycles. The highest BCUT2D eigenvalue weighted by atomic mass is 79.9. The van der Waals surface area contributed by atoms with Gasteiger partial charge in [0.2, 0.25) is 15.0 Å². The molecule has 2 aromatic heterocycles. The number of hydrogen-bond donors (Lipinski definition) is 0. The van der Waals surface area contributed by atoms with Crippen molar-refractivity contribution in [2.45, 2.75) is 11.7 Å². The smallest absolute Gasteiger partial charge is 0.237 e. The van der Waals surface area contributed by atoms with E-state index in [0.717, 1.165) is 14.4 Å². The van der Waals surface area contributed by atoms with E-state index in [2.05, 4.69) is 20.9 Å². The van der Waals surface area contributed by atoms with Crippen molar-refractivity contribution in [3.8, 4) is 10.6 Å². The van der Waals surface area contributed by atoms with Gasteiger partial charge >= 0.3 is 0 Å². The molecule has 0 saturated carbocycles. The zero-order valence-electron chi connectivity index (χ0n) is 10.3. The molecule has 5 nitrogen and oxygen atoms in total. The fourth-order valence-electron chi connectivity index (χ4n) is 2.00. The van der Waals surface area contributed by atoms with E-state index >= 15 is 0 Å². The molecule has 0 aliphatic carbocycles. The quantitative estimate of drug-likeness (QED) is 0.705. The first-order valence-electron chi connectivity index (χ1n) is 5.79. The Morgan fingerprint density at radius 1 is 1.43 bits per heavy atom. The first-order chi connectivity index (χ1) is 9.84. The Morgan fingerprint density at radius 2 is 2.19 bits per heavy atom. The SMILES string of the molecule is O=C1CC(S(=O)(=O)Cl)CN1c1nc(-c2ccc(Br)s2)cs1. The lowest BCUT2D eigenvalue weighted by atomic mass is 10.4. The van der Waals surface area contributed by atoms with Gasteiger partial charge in [-0.2, -0.15) is 0 Å². The van der Waals surface area contributed by atoms with Crippen LogP contribution in [0.5, 0.6) is 0 Å². The third kappa shape index (κ3) is 3.16. The van der Waals surface area contributed by atoms with Crippen LogP contribution in [-0.4, -0.2) is 31.1 Å². The predicted molar refractivity (Wildman–Crippen MR) is 88.7 cm³/mol. The van der Waals surface area contributed by atoms with Crippen LogP contribution in [0.1, 0.15) is 6.42 Å². The van der Waals surface area contributed by atoms with Gasteiger partial charge < -0.3 is 0 Å². The molecule has 1 unspecified atom stereocenters. The summed E-state index contributed by atoms with van der Waals surface area (Å²) in [5.74, 6) is -0.266. The molecule has 0 bridgehead atoms. The standard InChI is InChI=1S/C11H8BrClN2O3S3/c12-9-2-1-8(20-9)7-5-19-11(14-7)15-4-6(3-10(15)16)21(13,17)18/h1-2,5-6H,3-4H2. The van der Waals surface area contributed by atoms with Gasteiger partial charge in [0.05, 0.1) is 14.4 Å². The largest absolute Gasteiger partial charge is 0.287 e. The Hall–Kier alpha value is -0.480. The zero-order valence-corrected chi connectivity index (χ0v) is 15.1. The molecule has 1 aliphatic heterocycles. The van der Waals surface area contributed by atoms with E-state index in [1.807, 2.05) is 17.5 Å². The third-order valence-electron chi connectivity index (χ3n) is 3.04. The molecule has 2 aromatic rings. The lowest BCUT2D eigenvalue weighted by Gasteiger charge is -2.11. The summed E-state index contributed by atoms with van der Waals surface area (Å²) >= 11 is 6.25. The zero-order chi connectivity index (χ0) is 15.2. The van der Waals surface area contributed by atoms with Crippen molar-refractivity contribution < 1.29 is 13.2 Å². The molecule has 1 amide bonds. The summed E-state index contributed by atoms with van der Waals surface area (Å²) in [5.41, 5.74) is 0.774. The van der Waals surface area contributed by atoms with E-state index in [-0.39, 0.29) is 18.9 Å². The second kappa shape index (κ2) is 5.62. The normalized spacial score (nSPS) is 19.4. The second-order valence-corrected chi connectivity index (χ2v) is 10.6. The summed E-state index contributed by atoms with van der Waals surface area (Å²) in [7, 11) is 1.60. The maximum atomic E-state index is 11.9. The van der Waals surface area contributed by atoms with Crippen molar-refractivity contribution in [1.29, 1.82) is 0 Å². The molecule has 0 spiro atoms. The molecule has 1 saturated heterocycles. The number of thiazole rings is 1. The van der Waals surface area contributed by atoms with E-state index < -0.39 is 14.3 Å². The fourth-order valence-corrected chi connectivity index (χ4v) is 5.30. The molecule has 0 N–H and O–H groups in total. The number of nitrogens with zero attached hydrogens (tertiary/aromatic N) is 2. The number of carbonyl (C=O) groups excluding carboxylic acids is 1. The maximum absolute atomic E-state index is 11.9. The van der Waals surface area contributed by atoms with Crippen LogP contribution >= 0.6 is 49.3 Å². The van der Waals surface area contributed by atoms with Gasteiger partial charge in [-0.25, -0.2) is 13.4 Å².